The van der Waals surface area contributed by atoms with Crippen molar-refractivity contribution in [2.24, 2.45) is 0 Å². The zero-order valence-electron chi connectivity index (χ0n) is 25.9. The number of ether oxygens (including phenoxy) is 2. The number of anilines is 2. The lowest BCUT2D eigenvalue weighted by Crippen LogP contribution is -2.50. The fraction of sp³-hybridized carbons (Fsp3) is 0.382. The maximum atomic E-state index is 14.0. The molecule has 234 valence electrons. The molecule has 0 aliphatic heterocycles. The Morgan fingerprint density at radius 3 is 1.59 bits per heavy atom. The van der Waals surface area contributed by atoms with E-state index in [-0.39, 0.29) is 17.2 Å². The van der Waals surface area contributed by atoms with Crippen molar-refractivity contribution in [3.05, 3.63) is 70.4 Å². The lowest BCUT2D eigenvalue weighted by molar-refractivity contribution is -0.368. The second kappa shape index (κ2) is 15.9. The molecule has 10 heteroatoms. The summed E-state index contributed by atoms with van der Waals surface area (Å²) in [5.41, 5.74) is 11.0. The van der Waals surface area contributed by atoms with E-state index in [4.69, 9.17) is 9.47 Å². The van der Waals surface area contributed by atoms with Crippen LogP contribution in [0.3, 0.4) is 0 Å². The molecule has 1 heterocycles. The van der Waals surface area contributed by atoms with E-state index in [1.807, 2.05) is 42.5 Å². The van der Waals surface area contributed by atoms with Gasteiger partial charge in [-0.1, -0.05) is 0 Å². The predicted molar refractivity (Wildman–Crippen MR) is 174 cm³/mol. The van der Waals surface area contributed by atoms with E-state index in [1.165, 1.54) is 0 Å². The van der Waals surface area contributed by atoms with Gasteiger partial charge in [-0.25, -0.2) is 0 Å². The number of amides is 2. The summed E-state index contributed by atoms with van der Waals surface area (Å²) in [6, 6.07) is 16.5. The van der Waals surface area contributed by atoms with Crippen molar-refractivity contribution in [3.8, 4) is 11.5 Å². The van der Waals surface area contributed by atoms with Gasteiger partial charge in [-0.05, 0) is 92.6 Å². The zero-order valence-corrected chi connectivity index (χ0v) is 25.9. The van der Waals surface area contributed by atoms with Crippen molar-refractivity contribution >= 4 is 45.0 Å². The number of unbranched alkanes of at least 4 members (excludes halogenated alkanes) is 4. The van der Waals surface area contributed by atoms with Gasteiger partial charge in [0.25, 0.3) is 0 Å². The Hall–Kier alpha value is -4.41. The van der Waals surface area contributed by atoms with Gasteiger partial charge in [0.2, 0.25) is 11.8 Å². The van der Waals surface area contributed by atoms with E-state index in [0.29, 0.717) is 53.0 Å². The topological polar surface area (TPSA) is 154 Å². The number of quaternary nitrogens is 2. The van der Waals surface area contributed by atoms with Gasteiger partial charge in [0.15, 0.2) is 5.43 Å². The summed E-state index contributed by atoms with van der Waals surface area (Å²) in [7, 11) is 3.22. The van der Waals surface area contributed by atoms with E-state index >= 15 is 0 Å². The van der Waals surface area contributed by atoms with E-state index in [1.54, 1.807) is 26.4 Å². The molecule has 4 rings (SSSR count). The minimum atomic E-state index is -0.174. The Bertz CT molecular complexity index is 1550. The molecular formula is C34H45N5O5+2. The van der Waals surface area contributed by atoms with Gasteiger partial charge < -0.3 is 36.1 Å². The summed E-state index contributed by atoms with van der Waals surface area (Å²) < 4.78 is 13.0. The SMILES string of the molecule is COc1cc(Cn2c3ccc(NC(=O)CCCCC[NH3+])cc3c(=O)c3cc(NC(=O)CCCCC[NH3+])ccc32)cc(OC)c1. The van der Waals surface area contributed by atoms with E-state index in [9.17, 15) is 14.4 Å². The van der Waals surface area contributed by atoms with Gasteiger partial charge >= 0.3 is 0 Å². The van der Waals surface area contributed by atoms with Crippen LogP contribution in [0.2, 0.25) is 0 Å². The van der Waals surface area contributed by atoms with Crippen LogP contribution in [0.4, 0.5) is 11.4 Å². The van der Waals surface area contributed by atoms with Crippen LogP contribution in [-0.4, -0.2) is 43.7 Å². The highest BCUT2D eigenvalue weighted by atomic mass is 16.5. The van der Waals surface area contributed by atoms with Crippen molar-refractivity contribution in [2.45, 2.75) is 57.9 Å². The molecule has 2 amide bonds. The number of carbonyl (C=O) groups is 2. The number of nitrogens with one attached hydrogen (secondary N) is 2. The molecule has 0 spiro atoms. The quantitative estimate of drug-likeness (QED) is 0.114. The summed E-state index contributed by atoms with van der Waals surface area (Å²) in [4.78, 5) is 39.2. The molecule has 10 nitrogen and oxygen atoms in total. The van der Waals surface area contributed by atoms with Gasteiger partial charge in [0, 0.05) is 47.6 Å². The standard InChI is InChI=1S/C34H43N5O5/c1-43-26-17-23(18-27(21-26)44-2)22-39-30-13-11-24(37-32(40)9-5-3-7-15-35)19-28(30)34(42)29-20-25(12-14-31(29)39)38-33(41)10-6-4-8-16-36/h11-14,17-21H,3-10,15-16,22,35-36H2,1-2H3,(H,37,40)(H,38,41)/p+2. The average Bonchev–Trinajstić information content (AvgIpc) is 3.03. The molecule has 44 heavy (non-hydrogen) atoms. The third kappa shape index (κ3) is 8.36. The van der Waals surface area contributed by atoms with E-state index < -0.39 is 0 Å². The van der Waals surface area contributed by atoms with Crippen molar-refractivity contribution in [3.63, 3.8) is 0 Å². The molecule has 0 aliphatic carbocycles. The fourth-order valence-corrected chi connectivity index (χ4v) is 5.37. The van der Waals surface area contributed by atoms with Gasteiger partial charge in [-0.2, -0.15) is 0 Å². The van der Waals surface area contributed by atoms with Crippen LogP contribution in [0.5, 0.6) is 11.5 Å². The summed E-state index contributed by atoms with van der Waals surface area (Å²) in [6.07, 6.45) is 6.31. The van der Waals surface area contributed by atoms with Crippen LogP contribution in [0.1, 0.15) is 56.9 Å². The summed E-state index contributed by atoms with van der Waals surface area (Å²) in [5, 5.41) is 6.85. The Balaban J connectivity index is 1.75. The fourth-order valence-electron chi connectivity index (χ4n) is 5.37. The number of hydrogen-bond donors (Lipinski definition) is 4. The van der Waals surface area contributed by atoms with Crippen molar-refractivity contribution in [1.29, 1.82) is 0 Å². The number of pyridine rings is 1. The minimum Gasteiger partial charge on any atom is -0.497 e. The Kier molecular flexibility index (Phi) is 11.7. The second-order valence-electron chi connectivity index (χ2n) is 11.0. The van der Waals surface area contributed by atoms with Gasteiger partial charge in [-0.15, -0.1) is 0 Å². The maximum absolute atomic E-state index is 14.0. The minimum absolute atomic E-state index is 0.0850. The molecule has 0 aliphatic rings. The molecule has 0 fully saturated rings. The predicted octanol–water partition coefficient (Wildman–Crippen LogP) is 3.70. The van der Waals surface area contributed by atoms with Gasteiger partial charge in [-0.3, -0.25) is 14.4 Å². The van der Waals surface area contributed by atoms with Crippen LogP contribution in [0.25, 0.3) is 21.8 Å². The molecule has 0 bridgehead atoms. The van der Waals surface area contributed by atoms with Crippen molar-refractivity contribution in [2.75, 3.05) is 37.9 Å². The number of carbonyl (C=O) groups excluding carboxylic acids is 2. The summed E-state index contributed by atoms with van der Waals surface area (Å²) >= 11 is 0. The number of rotatable bonds is 16. The second-order valence-corrected chi connectivity index (χ2v) is 11.0. The summed E-state index contributed by atoms with van der Waals surface area (Å²) in [6.45, 7) is 2.14. The molecule has 0 unspecified atom stereocenters. The number of benzene rings is 3. The first-order chi connectivity index (χ1) is 21.4. The number of fused-ring (bicyclic) bond motifs is 2. The smallest absolute Gasteiger partial charge is 0.224 e. The van der Waals surface area contributed by atoms with Gasteiger partial charge in [0.05, 0.1) is 38.3 Å². The normalized spacial score (nSPS) is 11.1. The molecule has 8 N–H and O–H groups in total. The average molecular weight is 604 g/mol. The molecule has 3 aromatic carbocycles. The molecule has 4 aromatic rings. The third-order valence-corrected chi connectivity index (χ3v) is 7.69. The van der Waals surface area contributed by atoms with Crippen molar-refractivity contribution < 1.29 is 30.5 Å². The Morgan fingerprint density at radius 2 is 1.16 bits per heavy atom. The molecular weight excluding hydrogens is 558 g/mol. The van der Waals surface area contributed by atoms with Crippen LogP contribution in [-0.2, 0) is 16.1 Å². The highest BCUT2D eigenvalue weighted by Crippen LogP contribution is 2.28. The molecule has 0 saturated heterocycles. The van der Waals surface area contributed by atoms with E-state index in [0.717, 1.165) is 68.2 Å². The number of nitrogens with zero attached hydrogens (tertiary/aromatic N) is 1. The largest absolute Gasteiger partial charge is 0.497 e. The van der Waals surface area contributed by atoms with E-state index in [2.05, 4.69) is 26.7 Å². The first-order valence-corrected chi connectivity index (χ1v) is 15.4. The number of aromatic nitrogens is 1. The molecule has 1 aromatic heterocycles. The third-order valence-electron chi connectivity index (χ3n) is 7.69. The lowest BCUT2D eigenvalue weighted by Gasteiger charge is -2.18. The molecule has 0 radical (unpaired) electrons. The maximum Gasteiger partial charge on any atom is 0.224 e. The van der Waals surface area contributed by atoms with Crippen LogP contribution in [0.15, 0.2) is 59.4 Å². The number of hydrogen-bond acceptors (Lipinski definition) is 5. The Morgan fingerprint density at radius 1 is 0.682 bits per heavy atom. The Labute approximate surface area is 257 Å². The monoisotopic (exact) mass is 603 g/mol. The summed E-state index contributed by atoms with van der Waals surface area (Å²) in [5.74, 6) is 1.15. The van der Waals surface area contributed by atoms with Crippen LogP contribution >= 0.6 is 0 Å². The first kappa shape index (κ1) is 32.5. The highest BCUT2D eigenvalue weighted by molar-refractivity contribution is 6.00. The molecule has 0 atom stereocenters. The van der Waals surface area contributed by atoms with Crippen molar-refractivity contribution in [1.82, 2.24) is 4.57 Å². The zero-order chi connectivity index (χ0) is 31.5. The first-order valence-electron chi connectivity index (χ1n) is 15.4. The lowest BCUT2D eigenvalue weighted by atomic mass is 10.1. The van der Waals surface area contributed by atoms with Crippen LogP contribution in [0, 0.1) is 0 Å². The van der Waals surface area contributed by atoms with Crippen LogP contribution < -0.4 is 37.0 Å². The molecule has 0 saturated carbocycles. The van der Waals surface area contributed by atoms with Gasteiger partial charge in [0.1, 0.15) is 11.5 Å². The number of methoxy groups -OCH3 is 2. The highest BCUT2D eigenvalue weighted by Gasteiger charge is 2.15.